The van der Waals surface area contributed by atoms with E-state index in [9.17, 15) is 5.11 Å². The van der Waals surface area contributed by atoms with Crippen molar-refractivity contribution >= 4 is 0 Å². The van der Waals surface area contributed by atoms with Crippen LogP contribution >= 0.6 is 0 Å². The van der Waals surface area contributed by atoms with Gasteiger partial charge in [0, 0.05) is 12.1 Å². The van der Waals surface area contributed by atoms with Crippen molar-refractivity contribution in [2.75, 3.05) is 13.2 Å². The smallest absolute Gasteiger partial charge is 0.125 e. The van der Waals surface area contributed by atoms with Gasteiger partial charge in [0.25, 0.3) is 0 Å². The van der Waals surface area contributed by atoms with E-state index in [-0.39, 0.29) is 5.54 Å². The fourth-order valence-electron chi connectivity index (χ4n) is 2.96. The molecular formula is C17H27NO2. The van der Waals surface area contributed by atoms with E-state index in [0.717, 1.165) is 16.9 Å². The number of nitrogens with one attached hydrogen (secondary N) is 1. The van der Waals surface area contributed by atoms with Crippen LogP contribution in [-0.4, -0.2) is 29.9 Å². The van der Waals surface area contributed by atoms with E-state index < -0.39 is 6.10 Å². The number of aliphatic hydroxyl groups excluding tert-OH is 1. The lowest BCUT2D eigenvalue weighted by Gasteiger charge is -2.27. The van der Waals surface area contributed by atoms with Crippen molar-refractivity contribution in [1.82, 2.24) is 5.32 Å². The van der Waals surface area contributed by atoms with Gasteiger partial charge in [-0.05, 0) is 44.7 Å². The quantitative estimate of drug-likeness (QED) is 0.840. The Balaban J connectivity index is 1.79. The number of hydrogen-bond acceptors (Lipinski definition) is 3. The number of β-amino-alcohol motifs (C(OH)–C–C–N with tert-alkyl or cyclic N) is 1. The Morgan fingerprint density at radius 2 is 1.85 bits per heavy atom. The minimum Gasteiger partial charge on any atom is -0.490 e. The molecule has 1 aliphatic carbocycles. The molecular weight excluding hydrogens is 250 g/mol. The third-order valence-corrected chi connectivity index (χ3v) is 4.30. The van der Waals surface area contributed by atoms with E-state index in [1.165, 1.54) is 25.7 Å². The highest BCUT2D eigenvalue weighted by atomic mass is 16.5. The molecule has 1 aromatic carbocycles. The van der Waals surface area contributed by atoms with Gasteiger partial charge in [0.15, 0.2) is 0 Å². The highest BCUT2D eigenvalue weighted by Gasteiger charge is 2.28. The average Bonchev–Trinajstić information content (AvgIpc) is 2.83. The van der Waals surface area contributed by atoms with Crippen LogP contribution in [0.2, 0.25) is 0 Å². The number of hydrogen-bond donors (Lipinski definition) is 2. The van der Waals surface area contributed by atoms with Crippen molar-refractivity contribution < 1.29 is 9.84 Å². The summed E-state index contributed by atoms with van der Waals surface area (Å²) < 4.78 is 5.79. The van der Waals surface area contributed by atoms with Crippen LogP contribution in [0.25, 0.3) is 0 Å². The number of para-hydroxylation sites is 1. The van der Waals surface area contributed by atoms with E-state index in [1.807, 2.05) is 32.0 Å². The van der Waals surface area contributed by atoms with Gasteiger partial charge in [-0.15, -0.1) is 0 Å². The zero-order valence-corrected chi connectivity index (χ0v) is 12.9. The summed E-state index contributed by atoms with van der Waals surface area (Å²) in [5.74, 6) is 0.902. The topological polar surface area (TPSA) is 41.5 Å². The fourth-order valence-corrected chi connectivity index (χ4v) is 2.96. The molecule has 1 aromatic rings. The van der Waals surface area contributed by atoms with Crippen LogP contribution in [0.1, 0.15) is 43.7 Å². The van der Waals surface area contributed by atoms with Crippen molar-refractivity contribution in [1.29, 1.82) is 0 Å². The van der Waals surface area contributed by atoms with E-state index in [2.05, 4.69) is 12.2 Å². The Morgan fingerprint density at radius 3 is 2.45 bits per heavy atom. The molecule has 0 aliphatic heterocycles. The summed E-state index contributed by atoms with van der Waals surface area (Å²) in [6.07, 6.45) is 4.53. The standard InChI is InChI=1S/C17H27NO2/c1-13-7-6-8-14(2)16(13)20-12-15(19)11-18-17(3)9-4-5-10-17/h6-8,15,18-19H,4-5,9-12H2,1-3H3. The zero-order chi connectivity index (χ0) is 14.6. The third kappa shape index (κ3) is 3.97. The fraction of sp³-hybridized carbons (Fsp3) is 0.647. The molecule has 2 rings (SSSR count). The van der Waals surface area contributed by atoms with Crippen LogP contribution in [0.4, 0.5) is 0 Å². The lowest BCUT2D eigenvalue weighted by molar-refractivity contribution is 0.0973. The van der Waals surface area contributed by atoms with Gasteiger partial charge in [0.1, 0.15) is 18.5 Å². The highest BCUT2D eigenvalue weighted by molar-refractivity contribution is 5.39. The van der Waals surface area contributed by atoms with Crippen molar-refractivity contribution in [2.45, 2.75) is 58.1 Å². The Morgan fingerprint density at radius 1 is 1.25 bits per heavy atom. The van der Waals surface area contributed by atoms with Crippen LogP contribution in [0.3, 0.4) is 0 Å². The summed E-state index contributed by atoms with van der Waals surface area (Å²) in [6.45, 7) is 7.26. The minimum absolute atomic E-state index is 0.208. The Hall–Kier alpha value is -1.06. The second-order valence-electron chi connectivity index (χ2n) is 6.33. The maximum Gasteiger partial charge on any atom is 0.125 e. The predicted octanol–water partition coefficient (Wildman–Crippen LogP) is 2.97. The number of rotatable bonds is 6. The number of benzene rings is 1. The minimum atomic E-state index is -0.466. The first-order valence-corrected chi connectivity index (χ1v) is 7.62. The normalized spacial score (nSPS) is 19.0. The lowest BCUT2D eigenvalue weighted by Crippen LogP contribution is -2.44. The van der Waals surface area contributed by atoms with Gasteiger partial charge in [-0.1, -0.05) is 31.0 Å². The first-order valence-electron chi connectivity index (χ1n) is 7.62. The second kappa shape index (κ2) is 6.59. The van der Waals surface area contributed by atoms with Crippen LogP contribution in [0, 0.1) is 13.8 Å². The first kappa shape index (κ1) is 15.3. The number of ether oxygens (including phenoxy) is 1. The molecule has 1 atom stereocenters. The van der Waals surface area contributed by atoms with Crippen LogP contribution in [0.5, 0.6) is 5.75 Å². The van der Waals surface area contributed by atoms with Crippen LogP contribution in [-0.2, 0) is 0 Å². The van der Waals surface area contributed by atoms with Gasteiger partial charge in [-0.25, -0.2) is 0 Å². The number of aryl methyl sites for hydroxylation is 2. The van der Waals surface area contributed by atoms with Gasteiger partial charge in [-0.3, -0.25) is 0 Å². The molecule has 0 saturated heterocycles. The zero-order valence-electron chi connectivity index (χ0n) is 12.9. The highest BCUT2D eigenvalue weighted by Crippen LogP contribution is 2.28. The molecule has 0 heterocycles. The molecule has 0 spiro atoms. The molecule has 1 saturated carbocycles. The Kier molecular flexibility index (Phi) is 5.06. The maximum absolute atomic E-state index is 10.1. The van der Waals surface area contributed by atoms with Gasteiger partial charge < -0.3 is 15.2 Å². The molecule has 3 heteroatoms. The maximum atomic E-state index is 10.1. The Bertz CT molecular complexity index is 418. The Labute approximate surface area is 122 Å². The first-order chi connectivity index (χ1) is 9.50. The van der Waals surface area contributed by atoms with Gasteiger partial charge in [0.2, 0.25) is 0 Å². The molecule has 2 N–H and O–H groups in total. The predicted molar refractivity (Wildman–Crippen MR) is 82.3 cm³/mol. The summed E-state index contributed by atoms with van der Waals surface area (Å²) >= 11 is 0. The van der Waals surface area contributed by atoms with E-state index in [0.29, 0.717) is 13.2 Å². The summed E-state index contributed by atoms with van der Waals surface area (Å²) in [5, 5.41) is 13.6. The van der Waals surface area contributed by atoms with Crippen molar-refractivity contribution in [3.8, 4) is 5.75 Å². The summed E-state index contributed by atoms with van der Waals surface area (Å²) in [6, 6.07) is 6.09. The second-order valence-corrected chi connectivity index (χ2v) is 6.33. The largest absolute Gasteiger partial charge is 0.490 e. The molecule has 20 heavy (non-hydrogen) atoms. The molecule has 0 radical (unpaired) electrons. The summed E-state index contributed by atoms with van der Waals surface area (Å²) in [7, 11) is 0. The van der Waals surface area contributed by atoms with Crippen LogP contribution in [0.15, 0.2) is 18.2 Å². The SMILES string of the molecule is Cc1cccc(C)c1OCC(O)CNC1(C)CCCC1. The van der Waals surface area contributed by atoms with Crippen molar-refractivity contribution in [3.05, 3.63) is 29.3 Å². The molecule has 1 fully saturated rings. The van der Waals surface area contributed by atoms with Gasteiger partial charge >= 0.3 is 0 Å². The molecule has 112 valence electrons. The van der Waals surface area contributed by atoms with E-state index in [4.69, 9.17) is 4.74 Å². The molecule has 0 bridgehead atoms. The monoisotopic (exact) mass is 277 g/mol. The average molecular weight is 277 g/mol. The van der Waals surface area contributed by atoms with Gasteiger partial charge in [-0.2, -0.15) is 0 Å². The van der Waals surface area contributed by atoms with Gasteiger partial charge in [0.05, 0.1) is 0 Å². The summed E-state index contributed by atoms with van der Waals surface area (Å²) in [4.78, 5) is 0. The van der Waals surface area contributed by atoms with Crippen LogP contribution < -0.4 is 10.1 Å². The third-order valence-electron chi connectivity index (χ3n) is 4.30. The van der Waals surface area contributed by atoms with Crippen molar-refractivity contribution in [2.24, 2.45) is 0 Å². The molecule has 1 unspecified atom stereocenters. The summed E-state index contributed by atoms with van der Waals surface area (Å²) in [5.41, 5.74) is 2.44. The molecule has 3 nitrogen and oxygen atoms in total. The molecule has 0 aromatic heterocycles. The molecule has 0 amide bonds. The molecule has 1 aliphatic rings. The van der Waals surface area contributed by atoms with E-state index in [1.54, 1.807) is 0 Å². The van der Waals surface area contributed by atoms with E-state index >= 15 is 0 Å². The lowest BCUT2D eigenvalue weighted by atomic mass is 10.0. The van der Waals surface area contributed by atoms with Crippen molar-refractivity contribution in [3.63, 3.8) is 0 Å². The number of aliphatic hydroxyl groups is 1.